The molecular weight excluding hydrogens is 357 g/mol. The van der Waals surface area contributed by atoms with E-state index in [0.717, 1.165) is 24.9 Å². The van der Waals surface area contributed by atoms with E-state index >= 15 is 0 Å². The minimum absolute atomic E-state index is 0.237. The summed E-state index contributed by atoms with van der Waals surface area (Å²) in [6.45, 7) is 0. The van der Waals surface area contributed by atoms with Crippen molar-refractivity contribution in [3.63, 3.8) is 0 Å². The number of hydrogen-bond donors (Lipinski definition) is 2. The van der Waals surface area contributed by atoms with Crippen molar-refractivity contribution in [2.75, 3.05) is 5.32 Å². The lowest BCUT2D eigenvalue weighted by atomic mass is 10.0. The Bertz CT molecular complexity index is 1220. The highest BCUT2D eigenvalue weighted by Crippen LogP contribution is 2.29. The summed E-state index contributed by atoms with van der Waals surface area (Å²) in [7, 11) is 1.77. The minimum Gasteiger partial charge on any atom is -0.321 e. The summed E-state index contributed by atoms with van der Waals surface area (Å²) < 4.78 is 16.1. The van der Waals surface area contributed by atoms with Crippen molar-refractivity contribution in [2.24, 2.45) is 7.05 Å². The molecule has 0 unspecified atom stereocenters. The van der Waals surface area contributed by atoms with Crippen LogP contribution in [0.4, 0.5) is 10.1 Å². The Hall–Kier alpha value is -3.48. The molecule has 0 radical (unpaired) electrons. The van der Waals surface area contributed by atoms with Gasteiger partial charge in [0.15, 0.2) is 5.69 Å². The Labute approximate surface area is 160 Å². The summed E-state index contributed by atoms with van der Waals surface area (Å²) in [6.07, 6.45) is 6.61. The van der Waals surface area contributed by atoms with Crippen molar-refractivity contribution in [3.05, 3.63) is 65.4 Å². The second kappa shape index (κ2) is 6.30. The van der Waals surface area contributed by atoms with Crippen LogP contribution in [0.2, 0.25) is 0 Å². The summed E-state index contributed by atoms with van der Waals surface area (Å²) in [5, 5.41) is 14.4. The highest BCUT2D eigenvalue weighted by Gasteiger charge is 2.19. The minimum atomic E-state index is -0.394. The molecule has 2 aromatic carbocycles. The number of aromatic nitrogens is 4. The van der Waals surface area contributed by atoms with E-state index in [1.807, 2.05) is 12.1 Å². The third-order valence-corrected chi connectivity index (χ3v) is 5.24. The zero-order valence-electron chi connectivity index (χ0n) is 15.3. The summed E-state index contributed by atoms with van der Waals surface area (Å²) >= 11 is 0. The normalized spacial score (nSPS) is 13.1. The van der Waals surface area contributed by atoms with Crippen LogP contribution in [-0.2, 0) is 19.9 Å². The number of aryl methyl sites for hydroxylation is 3. The maximum atomic E-state index is 14.5. The average Bonchev–Trinajstić information content (AvgIpc) is 3.39. The molecule has 2 heterocycles. The fourth-order valence-corrected chi connectivity index (χ4v) is 3.83. The van der Waals surface area contributed by atoms with Crippen LogP contribution in [-0.4, -0.2) is 25.9 Å². The van der Waals surface area contributed by atoms with Crippen LogP contribution in [0.3, 0.4) is 0 Å². The summed E-state index contributed by atoms with van der Waals surface area (Å²) in [5.74, 6) is -0.720. The van der Waals surface area contributed by atoms with Gasteiger partial charge in [-0.05, 0) is 48.6 Å². The van der Waals surface area contributed by atoms with E-state index in [9.17, 15) is 9.18 Å². The topological polar surface area (TPSA) is 75.6 Å². The first-order chi connectivity index (χ1) is 13.6. The molecule has 0 bridgehead atoms. The predicted octanol–water partition coefficient (Wildman–Crippen LogP) is 3.84. The zero-order valence-corrected chi connectivity index (χ0v) is 15.3. The van der Waals surface area contributed by atoms with Crippen LogP contribution in [0.25, 0.3) is 22.0 Å². The van der Waals surface area contributed by atoms with Crippen LogP contribution < -0.4 is 5.32 Å². The van der Waals surface area contributed by atoms with Gasteiger partial charge in [-0.2, -0.15) is 10.2 Å². The fraction of sp³-hybridized carbons (Fsp3) is 0.190. The van der Waals surface area contributed by atoms with Gasteiger partial charge in [-0.3, -0.25) is 14.6 Å². The fourth-order valence-electron chi connectivity index (χ4n) is 3.83. The van der Waals surface area contributed by atoms with Gasteiger partial charge in [0, 0.05) is 41.5 Å². The number of nitrogens with one attached hydrogen (secondary N) is 2. The lowest BCUT2D eigenvalue weighted by Crippen LogP contribution is -2.13. The van der Waals surface area contributed by atoms with Crippen molar-refractivity contribution >= 4 is 22.5 Å². The van der Waals surface area contributed by atoms with Crippen LogP contribution in [0, 0.1) is 5.82 Å². The first-order valence-electron chi connectivity index (χ1n) is 9.18. The highest BCUT2D eigenvalue weighted by molar-refractivity contribution is 6.11. The first kappa shape index (κ1) is 16.7. The van der Waals surface area contributed by atoms with E-state index in [4.69, 9.17) is 0 Å². The van der Waals surface area contributed by atoms with Gasteiger partial charge in [0.05, 0.1) is 11.7 Å². The Balaban J connectivity index is 1.51. The van der Waals surface area contributed by atoms with E-state index in [-0.39, 0.29) is 11.6 Å². The van der Waals surface area contributed by atoms with Crippen molar-refractivity contribution in [1.82, 2.24) is 20.0 Å². The number of anilines is 1. The summed E-state index contributed by atoms with van der Waals surface area (Å²) in [5.41, 5.74) is 5.12. The standard InChI is InChI=1S/C21H18FN5O/c1-27-11-14(10-23-27)16-8-17-19(9-18(16)22)25-26-20(17)21(28)24-15-6-5-12-3-2-4-13(12)7-15/h5-11H,2-4H2,1H3,(H,24,28)(H,25,26). The predicted molar refractivity (Wildman–Crippen MR) is 105 cm³/mol. The lowest BCUT2D eigenvalue weighted by Gasteiger charge is -2.07. The zero-order chi connectivity index (χ0) is 19.3. The number of carbonyl (C=O) groups is 1. The van der Waals surface area contributed by atoms with Crippen LogP contribution in [0.15, 0.2) is 42.7 Å². The lowest BCUT2D eigenvalue weighted by molar-refractivity contribution is 0.102. The van der Waals surface area contributed by atoms with E-state index in [0.29, 0.717) is 22.0 Å². The largest absolute Gasteiger partial charge is 0.321 e. The number of H-pyrrole nitrogens is 1. The summed E-state index contributed by atoms with van der Waals surface area (Å²) in [6, 6.07) is 9.00. The smallest absolute Gasteiger partial charge is 0.276 e. The molecule has 4 aromatic rings. The average molecular weight is 375 g/mol. The molecule has 28 heavy (non-hydrogen) atoms. The van der Waals surface area contributed by atoms with E-state index < -0.39 is 5.82 Å². The maximum absolute atomic E-state index is 14.5. The Kier molecular flexibility index (Phi) is 3.75. The first-order valence-corrected chi connectivity index (χ1v) is 9.18. The molecular formula is C21H18FN5O. The van der Waals surface area contributed by atoms with Gasteiger partial charge in [-0.1, -0.05) is 6.07 Å². The number of rotatable bonds is 3. The van der Waals surface area contributed by atoms with Gasteiger partial charge in [-0.15, -0.1) is 0 Å². The van der Waals surface area contributed by atoms with Gasteiger partial charge < -0.3 is 5.32 Å². The molecule has 7 heteroatoms. The molecule has 0 saturated carbocycles. The molecule has 1 amide bonds. The van der Waals surface area contributed by atoms with Crippen molar-refractivity contribution < 1.29 is 9.18 Å². The van der Waals surface area contributed by atoms with Crippen molar-refractivity contribution in [1.29, 1.82) is 0 Å². The number of nitrogens with zero attached hydrogens (tertiary/aromatic N) is 3. The molecule has 5 rings (SSSR count). The number of hydrogen-bond acceptors (Lipinski definition) is 3. The van der Waals surface area contributed by atoms with Gasteiger partial charge in [-0.25, -0.2) is 4.39 Å². The molecule has 2 N–H and O–H groups in total. The van der Waals surface area contributed by atoms with Crippen molar-refractivity contribution in [3.8, 4) is 11.1 Å². The molecule has 1 aliphatic rings. The SMILES string of the molecule is Cn1cc(-c2cc3c(C(=O)Nc4ccc5c(c4)CCC5)n[nH]c3cc2F)cn1. The van der Waals surface area contributed by atoms with Gasteiger partial charge in [0.2, 0.25) is 0 Å². The summed E-state index contributed by atoms with van der Waals surface area (Å²) in [4.78, 5) is 12.8. The molecule has 0 saturated heterocycles. The third kappa shape index (κ3) is 2.76. The molecule has 0 fully saturated rings. The molecule has 2 aromatic heterocycles. The second-order valence-corrected chi connectivity index (χ2v) is 7.14. The van der Waals surface area contributed by atoms with Crippen LogP contribution in [0.5, 0.6) is 0 Å². The number of benzene rings is 2. The third-order valence-electron chi connectivity index (χ3n) is 5.24. The molecule has 0 spiro atoms. The van der Waals surface area contributed by atoms with Crippen LogP contribution in [0.1, 0.15) is 28.0 Å². The maximum Gasteiger partial charge on any atom is 0.276 e. The van der Waals surface area contributed by atoms with E-state index in [2.05, 4.69) is 26.7 Å². The van der Waals surface area contributed by atoms with Crippen LogP contribution >= 0.6 is 0 Å². The van der Waals surface area contributed by atoms with E-state index in [1.165, 1.54) is 17.2 Å². The van der Waals surface area contributed by atoms with Gasteiger partial charge >= 0.3 is 0 Å². The Morgan fingerprint density at radius 2 is 2.07 bits per heavy atom. The molecule has 140 valence electrons. The van der Waals surface area contributed by atoms with Gasteiger partial charge in [0.1, 0.15) is 5.82 Å². The van der Waals surface area contributed by atoms with Crippen molar-refractivity contribution in [2.45, 2.75) is 19.3 Å². The second-order valence-electron chi connectivity index (χ2n) is 7.14. The number of carbonyl (C=O) groups excluding carboxylic acids is 1. The number of amides is 1. The molecule has 0 aliphatic heterocycles. The number of halogens is 1. The number of aromatic amines is 1. The Morgan fingerprint density at radius 1 is 1.21 bits per heavy atom. The van der Waals surface area contributed by atoms with E-state index in [1.54, 1.807) is 30.2 Å². The highest BCUT2D eigenvalue weighted by atomic mass is 19.1. The quantitative estimate of drug-likeness (QED) is 0.571. The molecule has 1 aliphatic carbocycles. The number of fused-ring (bicyclic) bond motifs is 2. The molecule has 6 nitrogen and oxygen atoms in total. The van der Waals surface area contributed by atoms with Gasteiger partial charge in [0.25, 0.3) is 5.91 Å². The Morgan fingerprint density at radius 3 is 2.89 bits per heavy atom. The molecule has 0 atom stereocenters. The monoisotopic (exact) mass is 375 g/mol.